The third-order valence-electron chi connectivity index (χ3n) is 3.18. The van der Waals surface area contributed by atoms with Crippen LogP contribution in [0.2, 0.25) is 0 Å². The molecule has 2 aliphatic rings. The molecule has 1 aliphatic heterocycles. The number of carbonyl (C=O) groups excluding carboxylic acids is 1. The molecule has 1 saturated carbocycles. The molecule has 5 nitrogen and oxygen atoms in total. The first kappa shape index (κ1) is 11.8. The largest absolute Gasteiger partial charge is 0.337 e. The van der Waals surface area contributed by atoms with Crippen molar-refractivity contribution >= 4 is 23.6 Å². The molecule has 0 unspecified atom stereocenters. The summed E-state index contributed by atoms with van der Waals surface area (Å²) in [5.74, 6) is 4.03. The van der Waals surface area contributed by atoms with Gasteiger partial charge in [-0.3, -0.25) is 5.32 Å². The molecule has 96 valence electrons. The zero-order valence-electron chi connectivity index (χ0n) is 10.1. The van der Waals surface area contributed by atoms with Crippen molar-refractivity contribution in [1.82, 2.24) is 15.5 Å². The first-order valence-electron chi connectivity index (χ1n) is 6.27. The Morgan fingerprint density at radius 2 is 2.17 bits per heavy atom. The van der Waals surface area contributed by atoms with E-state index in [1.807, 2.05) is 23.9 Å². The third-order valence-corrected chi connectivity index (χ3v) is 4.60. The summed E-state index contributed by atoms with van der Waals surface area (Å²) in [5, 5.41) is 13.7. The fraction of sp³-hybridized carbons (Fsp3) is 0.583. The molecule has 3 rings (SSSR count). The molecule has 1 aliphatic carbocycles. The first-order valence-corrected chi connectivity index (χ1v) is 7.43. The first-order chi connectivity index (χ1) is 8.81. The molecule has 6 heteroatoms. The standard InChI is InChI=1S/C12H16N4OS/c17-12(13-5-8-6-18-7-8)14-11-4-3-10(15-16-11)9-1-2-9/h3-4,8-9H,1-2,5-7H2,(H2,13,14,16,17). The minimum atomic E-state index is -0.194. The van der Waals surface area contributed by atoms with Gasteiger partial charge in [-0.25, -0.2) is 4.79 Å². The number of carbonyl (C=O) groups is 1. The van der Waals surface area contributed by atoms with Crippen molar-refractivity contribution in [2.75, 3.05) is 23.4 Å². The molecule has 0 radical (unpaired) electrons. The minimum Gasteiger partial charge on any atom is -0.337 e. The predicted octanol–water partition coefficient (Wildman–Crippen LogP) is 1.84. The summed E-state index contributed by atoms with van der Waals surface area (Å²) in [7, 11) is 0. The normalized spacial score (nSPS) is 19.1. The number of aromatic nitrogens is 2. The van der Waals surface area contributed by atoms with Crippen molar-refractivity contribution < 1.29 is 4.79 Å². The van der Waals surface area contributed by atoms with Crippen LogP contribution in [0.1, 0.15) is 24.5 Å². The van der Waals surface area contributed by atoms with Gasteiger partial charge in [0.15, 0.2) is 5.82 Å². The van der Waals surface area contributed by atoms with E-state index in [1.54, 1.807) is 0 Å². The summed E-state index contributed by atoms with van der Waals surface area (Å²) in [6.07, 6.45) is 2.42. The van der Waals surface area contributed by atoms with Gasteiger partial charge in [0.05, 0.1) is 5.69 Å². The molecule has 2 amide bonds. The van der Waals surface area contributed by atoms with Gasteiger partial charge in [0.2, 0.25) is 0 Å². The van der Waals surface area contributed by atoms with Crippen LogP contribution in [-0.2, 0) is 0 Å². The van der Waals surface area contributed by atoms with E-state index in [0.717, 1.165) is 23.7 Å². The Hall–Kier alpha value is -1.30. The molecule has 0 bridgehead atoms. The van der Waals surface area contributed by atoms with Crippen molar-refractivity contribution in [2.45, 2.75) is 18.8 Å². The topological polar surface area (TPSA) is 66.9 Å². The second kappa shape index (κ2) is 5.14. The van der Waals surface area contributed by atoms with E-state index >= 15 is 0 Å². The van der Waals surface area contributed by atoms with E-state index in [4.69, 9.17) is 0 Å². The fourth-order valence-electron chi connectivity index (χ4n) is 1.81. The van der Waals surface area contributed by atoms with Crippen LogP contribution in [0.5, 0.6) is 0 Å². The van der Waals surface area contributed by atoms with E-state index in [0.29, 0.717) is 17.7 Å². The average Bonchev–Trinajstić information content (AvgIpc) is 3.12. The number of hydrogen-bond donors (Lipinski definition) is 2. The van der Waals surface area contributed by atoms with Crippen LogP contribution in [0.15, 0.2) is 12.1 Å². The molecule has 2 N–H and O–H groups in total. The molecule has 0 spiro atoms. The average molecular weight is 264 g/mol. The van der Waals surface area contributed by atoms with Crippen molar-refractivity contribution in [3.8, 4) is 0 Å². The zero-order chi connectivity index (χ0) is 12.4. The molecule has 1 aromatic heterocycles. The molecule has 0 aromatic carbocycles. The second-order valence-corrected chi connectivity index (χ2v) is 5.93. The van der Waals surface area contributed by atoms with E-state index in [9.17, 15) is 4.79 Å². The van der Waals surface area contributed by atoms with Gasteiger partial charge in [-0.15, -0.1) is 5.10 Å². The van der Waals surface area contributed by atoms with Crippen LogP contribution >= 0.6 is 11.8 Å². The molecule has 1 saturated heterocycles. The Bertz CT molecular complexity index is 428. The number of nitrogens with one attached hydrogen (secondary N) is 2. The maximum atomic E-state index is 11.6. The Labute approximate surface area is 110 Å². The smallest absolute Gasteiger partial charge is 0.320 e. The van der Waals surface area contributed by atoms with Crippen LogP contribution in [0.3, 0.4) is 0 Å². The lowest BCUT2D eigenvalue weighted by atomic mass is 10.2. The Balaban J connectivity index is 1.46. The van der Waals surface area contributed by atoms with Gasteiger partial charge in [0.25, 0.3) is 0 Å². The second-order valence-electron chi connectivity index (χ2n) is 4.86. The number of urea groups is 1. The summed E-state index contributed by atoms with van der Waals surface area (Å²) in [6, 6.07) is 3.57. The van der Waals surface area contributed by atoms with Crippen LogP contribution in [0.25, 0.3) is 0 Å². The van der Waals surface area contributed by atoms with Crippen molar-refractivity contribution in [3.63, 3.8) is 0 Å². The molecular weight excluding hydrogens is 248 g/mol. The van der Waals surface area contributed by atoms with Gasteiger partial charge in [-0.1, -0.05) is 0 Å². The molecule has 2 heterocycles. The predicted molar refractivity (Wildman–Crippen MR) is 71.8 cm³/mol. The van der Waals surface area contributed by atoms with Gasteiger partial charge >= 0.3 is 6.03 Å². The summed E-state index contributed by atoms with van der Waals surface area (Å²) >= 11 is 1.92. The van der Waals surface area contributed by atoms with E-state index < -0.39 is 0 Å². The SMILES string of the molecule is O=C(NCC1CSC1)Nc1ccc(C2CC2)nn1. The highest BCUT2D eigenvalue weighted by molar-refractivity contribution is 8.00. The van der Waals surface area contributed by atoms with Crippen LogP contribution in [0.4, 0.5) is 10.6 Å². The molecule has 18 heavy (non-hydrogen) atoms. The molecular formula is C12H16N4OS. The van der Waals surface area contributed by atoms with Crippen LogP contribution in [0, 0.1) is 5.92 Å². The highest BCUT2D eigenvalue weighted by Crippen LogP contribution is 2.38. The lowest BCUT2D eigenvalue weighted by Crippen LogP contribution is -2.37. The third kappa shape index (κ3) is 2.93. The maximum Gasteiger partial charge on any atom is 0.320 e. The van der Waals surface area contributed by atoms with E-state index in [-0.39, 0.29) is 6.03 Å². The van der Waals surface area contributed by atoms with Crippen molar-refractivity contribution in [3.05, 3.63) is 17.8 Å². The zero-order valence-corrected chi connectivity index (χ0v) is 10.9. The number of nitrogens with zero attached hydrogens (tertiary/aromatic N) is 2. The minimum absolute atomic E-state index is 0.194. The molecule has 0 atom stereocenters. The highest BCUT2D eigenvalue weighted by atomic mass is 32.2. The summed E-state index contributed by atoms with van der Waals surface area (Å²) < 4.78 is 0. The fourth-order valence-corrected chi connectivity index (χ4v) is 2.61. The lowest BCUT2D eigenvalue weighted by molar-refractivity contribution is 0.250. The summed E-state index contributed by atoms with van der Waals surface area (Å²) in [4.78, 5) is 11.6. The van der Waals surface area contributed by atoms with Gasteiger partial charge < -0.3 is 5.32 Å². The molecule has 2 fully saturated rings. The van der Waals surface area contributed by atoms with Crippen molar-refractivity contribution in [2.24, 2.45) is 5.92 Å². The highest BCUT2D eigenvalue weighted by Gasteiger charge is 2.25. The van der Waals surface area contributed by atoms with Gasteiger partial charge in [0.1, 0.15) is 0 Å². The quantitative estimate of drug-likeness (QED) is 0.870. The summed E-state index contributed by atoms with van der Waals surface area (Å²) in [6.45, 7) is 0.742. The number of hydrogen-bond acceptors (Lipinski definition) is 4. The lowest BCUT2D eigenvalue weighted by Gasteiger charge is -2.24. The Morgan fingerprint density at radius 3 is 2.72 bits per heavy atom. The van der Waals surface area contributed by atoms with Gasteiger partial charge in [-0.2, -0.15) is 16.9 Å². The van der Waals surface area contributed by atoms with E-state index in [2.05, 4.69) is 20.8 Å². The number of amides is 2. The molecule has 1 aromatic rings. The summed E-state index contributed by atoms with van der Waals surface area (Å²) in [5.41, 5.74) is 1.03. The van der Waals surface area contributed by atoms with Gasteiger partial charge in [0, 0.05) is 12.5 Å². The Kier molecular flexibility index (Phi) is 3.36. The van der Waals surface area contributed by atoms with Gasteiger partial charge in [-0.05, 0) is 42.4 Å². The maximum absolute atomic E-state index is 11.6. The van der Waals surface area contributed by atoms with Crippen LogP contribution in [-0.4, -0.2) is 34.3 Å². The van der Waals surface area contributed by atoms with Crippen molar-refractivity contribution in [1.29, 1.82) is 0 Å². The Morgan fingerprint density at radius 1 is 1.33 bits per heavy atom. The van der Waals surface area contributed by atoms with E-state index in [1.165, 1.54) is 12.8 Å². The number of thioether (sulfide) groups is 1. The number of anilines is 1. The number of rotatable bonds is 4. The van der Waals surface area contributed by atoms with Crippen LogP contribution < -0.4 is 10.6 Å². The monoisotopic (exact) mass is 264 g/mol.